The summed E-state index contributed by atoms with van der Waals surface area (Å²) < 4.78 is 19.8. The monoisotopic (exact) mass is 407 g/mol. The number of aromatic nitrogens is 1. The Balaban J connectivity index is 1.59. The Hall–Kier alpha value is -3.64. The summed E-state index contributed by atoms with van der Waals surface area (Å²) in [7, 11) is 0. The molecule has 0 spiro atoms. The minimum Gasteiger partial charge on any atom is -0.436 e. The van der Waals surface area contributed by atoms with Crippen LogP contribution in [0.5, 0.6) is 0 Å². The van der Waals surface area contributed by atoms with Gasteiger partial charge in [-0.2, -0.15) is 0 Å². The number of nitrogens with zero attached hydrogens (tertiary/aromatic N) is 1. The van der Waals surface area contributed by atoms with Crippen LogP contribution in [-0.2, 0) is 0 Å². The van der Waals surface area contributed by atoms with E-state index in [9.17, 15) is 9.18 Å². The van der Waals surface area contributed by atoms with Crippen LogP contribution < -0.4 is 10.9 Å². The molecule has 0 aliphatic heterocycles. The van der Waals surface area contributed by atoms with Gasteiger partial charge in [0.1, 0.15) is 5.82 Å². The Bertz CT molecular complexity index is 1180. The van der Waals surface area contributed by atoms with Gasteiger partial charge in [-0.1, -0.05) is 41.9 Å². The van der Waals surface area contributed by atoms with E-state index >= 15 is 0 Å². The lowest BCUT2D eigenvalue weighted by Crippen LogP contribution is -2.29. The predicted molar refractivity (Wildman–Crippen MR) is 110 cm³/mol. The highest BCUT2D eigenvalue weighted by Crippen LogP contribution is 2.29. The van der Waals surface area contributed by atoms with Crippen molar-refractivity contribution in [1.82, 2.24) is 10.4 Å². The van der Waals surface area contributed by atoms with Crippen molar-refractivity contribution in [2.75, 3.05) is 5.43 Å². The third kappa shape index (κ3) is 4.12. The summed E-state index contributed by atoms with van der Waals surface area (Å²) in [5.41, 5.74) is 7.22. The van der Waals surface area contributed by atoms with Crippen LogP contribution in [0.4, 0.5) is 10.1 Å². The van der Waals surface area contributed by atoms with Crippen molar-refractivity contribution in [1.29, 1.82) is 0 Å². The van der Waals surface area contributed by atoms with Crippen molar-refractivity contribution in [3.8, 4) is 22.8 Å². The summed E-state index contributed by atoms with van der Waals surface area (Å²) >= 11 is 5.95. The second kappa shape index (κ2) is 8.16. The molecule has 2 N–H and O–H groups in total. The predicted octanol–water partition coefficient (Wildman–Crippen LogP) is 5.56. The molecule has 4 rings (SSSR count). The molecule has 0 unspecified atom stereocenters. The number of amides is 1. The first kappa shape index (κ1) is 18.7. The molecule has 0 atom stereocenters. The highest BCUT2D eigenvalue weighted by molar-refractivity contribution is 6.30. The molecule has 1 amide bonds. The molecule has 1 aromatic heterocycles. The highest BCUT2D eigenvalue weighted by atomic mass is 35.5. The van der Waals surface area contributed by atoms with E-state index in [1.165, 1.54) is 12.3 Å². The summed E-state index contributed by atoms with van der Waals surface area (Å²) in [6.07, 6.45) is 1.44. The van der Waals surface area contributed by atoms with Gasteiger partial charge in [0, 0.05) is 10.6 Å². The Labute approximate surface area is 171 Å². The highest BCUT2D eigenvalue weighted by Gasteiger charge is 2.18. The molecule has 0 radical (unpaired) electrons. The summed E-state index contributed by atoms with van der Waals surface area (Å²) in [6.45, 7) is 0. The number of carbonyl (C=O) groups excluding carboxylic acids is 1. The average Bonchev–Trinajstić information content (AvgIpc) is 3.22. The molecule has 0 aliphatic carbocycles. The third-order valence-corrected chi connectivity index (χ3v) is 4.43. The Kier molecular flexibility index (Phi) is 5.27. The lowest BCUT2D eigenvalue weighted by molar-refractivity contribution is 0.0963. The molecule has 0 saturated carbocycles. The molecule has 144 valence electrons. The van der Waals surface area contributed by atoms with Gasteiger partial charge in [0.05, 0.1) is 23.0 Å². The van der Waals surface area contributed by atoms with Gasteiger partial charge >= 0.3 is 0 Å². The number of nitrogens with one attached hydrogen (secondary N) is 2. The van der Waals surface area contributed by atoms with Crippen LogP contribution in [0.1, 0.15) is 10.4 Å². The molecule has 29 heavy (non-hydrogen) atoms. The maximum absolute atomic E-state index is 14.0. The molecule has 0 aliphatic rings. The van der Waals surface area contributed by atoms with Gasteiger partial charge in [-0.3, -0.25) is 15.6 Å². The van der Waals surface area contributed by atoms with E-state index in [0.29, 0.717) is 27.4 Å². The van der Waals surface area contributed by atoms with E-state index in [0.717, 1.165) is 0 Å². The molecule has 5 nitrogen and oxygen atoms in total. The quantitative estimate of drug-likeness (QED) is 0.425. The van der Waals surface area contributed by atoms with E-state index < -0.39 is 5.82 Å². The molecule has 0 fully saturated rings. The number of benzene rings is 3. The minimum absolute atomic E-state index is 0.219. The van der Waals surface area contributed by atoms with E-state index in [1.54, 1.807) is 66.7 Å². The Morgan fingerprint density at radius 2 is 1.72 bits per heavy atom. The molecular weight excluding hydrogens is 393 g/mol. The van der Waals surface area contributed by atoms with Crippen LogP contribution in [0.15, 0.2) is 83.4 Å². The van der Waals surface area contributed by atoms with Gasteiger partial charge in [0.25, 0.3) is 5.91 Å². The van der Waals surface area contributed by atoms with Crippen LogP contribution in [-0.4, -0.2) is 10.9 Å². The van der Waals surface area contributed by atoms with E-state index in [4.69, 9.17) is 16.0 Å². The summed E-state index contributed by atoms with van der Waals surface area (Å²) in [5.74, 6) is -0.291. The minimum atomic E-state index is -0.410. The van der Waals surface area contributed by atoms with Crippen molar-refractivity contribution in [3.63, 3.8) is 0 Å². The maximum atomic E-state index is 14.0. The number of hydrogen-bond acceptors (Lipinski definition) is 4. The lowest BCUT2D eigenvalue weighted by atomic mass is 10.1. The van der Waals surface area contributed by atoms with Crippen LogP contribution in [0.2, 0.25) is 5.02 Å². The normalized spacial score (nSPS) is 10.6. The van der Waals surface area contributed by atoms with Crippen LogP contribution in [0, 0.1) is 5.82 Å². The molecule has 1 heterocycles. The van der Waals surface area contributed by atoms with Crippen molar-refractivity contribution in [3.05, 3.63) is 95.4 Å². The number of carbonyl (C=O) groups is 1. The number of hydrogen-bond donors (Lipinski definition) is 2. The zero-order valence-electron chi connectivity index (χ0n) is 15.0. The van der Waals surface area contributed by atoms with E-state index in [-0.39, 0.29) is 17.6 Å². The Morgan fingerprint density at radius 3 is 2.52 bits per heavy atom. The summed E-state index contributed by atoms with van der Waals surface area (Å²) in [4.78, 5) is 16.9. The molecular formula is C22H15ClFN3O2. The van der Waals surface area contributed by atoms with Gasteiger partial charge in [-0.05, 0) is 42.5 Å². The van der Waals surface area contributed by atoms with Gasteiger partial charge in [-0.15, -0.1) is 0 Å². The number of rotatable bonds is 5. The fourth-order valence-corrected chi connectivity index (χ4v) is 3.00. The largest absolute Gasteiger partial charge is 0.436 e. The number of anilines is 1. The first-order valence-electron chi connectivity index (χ1n) is 8.74. The lowest BCUT2D eigenvalue weighted by Gasteiger charge is -2.10. The summed E-state index contributed by atoms with van der Waals surface area (Å²) in [5, 5.41) is 0.546. The SMILES string of the molecule is O=C(NNc1cccc(Cl)c1)c1ccccc1-c1ncc(-c2ccccc2F)o1. The molecule has 0 bridgehead atoms. The molecule has 4 aromatic rings. The zero-order valence-corrected chi connectivity index (χ0v) is 15.8. The second-order valence-electron chi connectivity index (χ2n) is 6.14. The molecule has 7 heteroatoms. The standard InChI is InChI=1S/C22H15ClFN3O2/c23-14-6-5-7-15(12-14)26-27-21(28)16-8-1-2-9-17(16)22-25-13-20(29-22)18-10-3-4-11-19(18)24/h1-13,26H,(H,27,28). The number of oxazole rings is 1. The first-order valence-corrected chi connectivity index (χ1v) is 9.11. The smallest absolute Gasteiger partial charge is 0.270 e. The fourth-order valence-electron chi connectivity index (χ4n) is 2.81. The topological polar surface area (TPSA) is 67.2 Å². The van der Waals surface area contributed by atoms with Crippen molar-refractivity contribution in [2.24, 2.45) is 0 Å². The summed E-state index contributed by atoms with van der Waals surface area (Å²) in [6, 6.07) is 20.1. The fraction of sp³-hybridized carbons (Fsp3) is 0. The third-order valence-electron chi connectivity index (χ3n) is 4.19. The Morgan fingerprint density at radius 1 is 0.966 bits per heavy atom. The first-order chi connectivity index (χ1) is 14.1. The van der Waals surface area contributed by atoms with Crippen LogP contribution in [0.25, 0.3) is 22.8 Å². The second-order valence-corrected chi connectivity index (χ2v) is 6.58. The van der Waals surface area contributed by atoms with Gasteiger partial charge in [0.2, 0.25) is 5.89 Å². The molecule has 3 aromatic carbocycles. The number of hydrazine groups is 1. The van der Waals surface area contributed by atoms with E-state index in [1.807, 2.05) is 0 Å². The van der Waals surface area contributed by atoms with Gasteiger partial charge < -0.3 is 4.42 Å². The maximum Gasteiger partial charge on any atom is 0.270 e. The van der Waals surface area contributed by atoms with Gasteiger partial charge in [0.15, 0.2) is 5.76 Å². The van der Waals surface area contributed by atoms with E-state index in [2.05, 4.69) is 15.8 Å². The number of halogens is 2. The van der Waals surface area contributed by atoms with Crippen molar-refractivity contribution in [2.45, 2.75) is 0 Å². The molecule has 0 saturated heterocycles. The van der Waals surface area contributed by atoms with Crippen molar-refractivity contribution < 1.29 is 13.6 Å². The van der Waals surface area contributed by atoms with Crippen molar-refractivity contribution >= 4 is 23.2 Å². The van der Waals surface area contributed by atoms with Crippen LogP contribution in [0.3, 0.4) is 0 Å². The average molecular weight is 408 g/mol. The van der Waals surface area contributed by atoms with Gasteiger partial charge in [-0.25, -0.2) is 9.37 Å². The zero-order chi connectivity index (χ0) is 20.2. The van der Waals surface area contributed by atoms with Crippen LogP contribution >= 0.6 is 11.6 Å².